The molecule has 33 heavy (non-hydrogen) atoms. The van der Waals surface area contributed by atoms with E-state index in [1.165, 1.54) is 6.21 Å². The molecule has 2 aromatic carbocycles. The smallest absolute Gasteiger partial charge is 0.329 e. The fourth-order valence-corrected chi connectivity index (χ4v) is 2.74. The van der Waals surface area contributed by atoms with Crippen LogP contribution in [0.15, 0.2) is 47.6 Å². The number of hydrogen-bond donors (Lipinski definition) is 3. The number of nitrogens with zero attached hydrogens (tertiary/aromatic N) is 1. The van der Waals surface area contributed by atoms with Gasteiger partial charge in [0.2, 0.25) is 0 Å². The Morgan fingerprint density at radius 3 is 2.55 bits per heavy atom. The number of ether oxygens (including phenoxy) is 2. The summed E-state index contributed by atoms with van der Waals surface area (Å²) in [6.45, 7) is 4.35. The number of hydrogen-bond acceptors (Lipinski definition) is 6. The van der Waals surface area contributed by atoms with Crippen LogP contribution in [-0.2, 0) is 14.4 Å². The Labute approximate surface area is 197 Å². The number of nitrogens with one attached hydrogen (secondary N) is 3. The Morgan fingerprint density at radius 2 is 1.82 bits per heavy atom. The summed E-state index contributed by atoms with van der Waals surface area (Å²) < 4.78 is 11.2. The van der Waals surface area contributed by atoms with Crippen molar-refractivity contribution in [1.82, 2.24) is 10.7 Å². The van der Waals surface area contributed by atoms with E-state index in [4.69, 9.17) is 21.1 Å². The summed E-state index contributed by atoms with van der Waals surface area (Å²) in [5.74, 6) is -1.21. The maximum atomic E-state index is 12.2. The van der Waals surface area contributed by atoms with Crippen molar-refractivity contribution < 1.29 is 23.9 Å². The standard InChI is InChI=1S/C23H27ClN4O5/c1-3-5-12-25-22(30)23(31)28-26-14-16-10-11-19(20(13-16)32-4-2)33-15-21(29)27-18-9-7-6-8-17(18)24/h6-11,13-14H,3-5,12,15H2,1-2H3,(H,25,30)(H,27,29)(H,28,31)/b26-14-. The zero-order valence-electron chi connectivity index (χ0n) is 18.5. The summed E-state index contributed by atoms with van der Waals surface area (Å²) in [5, 5.41) is 9.40. The molecule has 0 fully saturated rings. The zero-order valence-corrected chi connectivity index (χ0v) is 19.3. The number of halogens is 1. The van der Waals surface area contributed by atoms with Gasteiger partial charge in [-0.3, -0.25) is 14.4 Å². The zero-order chi connectivity index (χ0) is 24.1. The van der Waals surface area contributed by atoms with Gasteiger partial charge in [0, 0.05) is 6.54 Å². The molecule has 10 heteroatoms. The topological polar surface area (TPSA) is 118 Å². The van der Waals surface area contributed by atoms with Crippen molar-refractivity contribution in [1.29, 1.82) is 0 Å². The molecule has 9 nitrogen and oxygen atoms in total. The molecule has 0 heterocycles. The summed E-state index contributed by atoms with van der Waals surface area (Å²) in [6.07, 6.45) is 3.07. The molecule has 0 unspecified atom stereocenters. The van der Waals surface area contributed by atoms with Crippen LogP contribution in [-0.4, -0.2) is 43.7 Å². The molecule has 0 radical (unpaired) electrons. The van der Waals surface area contributed by atoms with Gasteiger partial charge in [0.1, 0.15) is 0 Å². The lowest BCUT2D eigenvalue weighted by Crippen LogP contribution is -2.38. The fourth-order valence-electron chi connectivity index (χ4n) is 2.56. The molecular formula is C23H27ClN4O5. The van der Waals surface area contributed by atoms with E-state index in [1.54, 1.807) is 42.5 Å². The quantitative estimate of drug-likeness (QED) is 0.200. The highest BCUT2D eigenvalue weighted by Gasteiger charge is 2.12. The number of amides is 3. The Bertz CT molecular complexity index is 997. The third-order valence-electron chi connectivity index (χ3n) is 4.18. The Morgan fingerprint density at radius 1 is 1.03 bits per heavy atom. The molecule has 0 saturated heterocycles. The highest BCUT2D eigenvalue weighted by Crippen LogP contribution is 2.28. The number of para-hydroxylation sites is 1. The van der Waals surface area contributed by atoms with Gasteiger partial charge >= 0.3 is 11.8 Å². The van der Waals surface area contributed by atoms with Crippen molar-refractivity contribution in [3.05, 3.63) is 53.1 Å². The predicted molar refractivity (Wildman–Crippen MR) is 127 cm³/mol. The molecule has 3 N–H and O–H groups in total. The minimum atomic E-state index is -0.850. The van der Waals surface area contributed by atoms with Gasteiger partial charge in [0.25, 0.3) is 5.91 Å². The highest BCUT2D eigenvalue weighted by molar-refractivity contribution is 6.35. The van der Waals surface area contributed by atoms with Gasteiger partial charge < -0.3 is 20.1 Å². The lowest BCUT2D eigenvalue weighted by atomic mass is 10.2. The first-order valence-corrected chi connectivity index (χ1v) is 10.9. The molecule has 2 aromatic rings. The largest absolute Gasteiger partial charge is 0.490 e. The Kier molecular flexibility index (Phi) is 10.7. The lowest BCUT2D eigenvalue weighted by Gasteiger charge is -2.13. The van der Waals surface area contributed by atoms with Crippen LogP contribution in [0.4, 0.5) is 5.69 Å². The molecule has 176 valence electrons. The van der Waals surface area contributed by atoms with Gasteiger partial charge in [-0.1, -0.05) is 37.1 Å². The second-order valence-electron chi connectivity index (χ2n) is 6.76. The summed E-state index contributed by atoms with van der Waals surface area (Å²) in [4.78, 5) is 35.5. The van der Waals surface area contributed by atoms with Crippen molar-refractivity contribution in [2.45, 2.75) is 26.7 Å². The van der Waals surface area contributed by atoms with Crippen LogP contribution in [0.3, 0.4) is 0 Å². The Balaban J connectivity index is 1.94. The van der Waals surface area contributed by atoms with Crippen molar-refractivity contribution in [2.24, 2.45) is 5.10 Å². The Hall–Kier alpha value is -3.59. The molecule has 0 atom stereocenters. The molecule has 2 rings (SSSR count). The first-order valence-electron chi connectivity index (χ1n) is 10.5. The molecule has 0 aliphatic carbocycles. The summed E-state index contributed by atoms with van der Waals surface area (Å²) in [5.41, 5.74) is 3.26. The maximum absolute atomic E-state index is 12.2. The number of rotatable bonds is 11. The third-order valence-corrected chi connectivity index (χ3v) is 4.51. The van der Waals surface area contributed by atoms with E-state index >= 15 is 0 Å². The van der Waals surface area contributed by atoms with Crippen molar-refractivity contribution in [3.63, 3.8) is 0 Å². The first kappa shape index (κ1) is 25.7. The van der Waals surface area contributed by atoms with Gasteiger partial charge in [0.05, 0.1) is 23.5 Å². The fraction of sp³-hybridized carbons (Fsp3) is 0.304. The summed E-state index contributed by atoms with van der Waals surface area (Å²) in [6, 6.07) is 11.8. The molecule has 0 aliphatic heterocycles. The number of hydrazone groups is 1. The van der Waals surface area contributed by atoms with Crippen molar-refractivity contribution >= 4 is 41.2 Å². The van der Waals surface area contributed by atoms with Gasteiger partial charge in [-0.15, -0.1) is 0 Å². The van der Waals surface area contributed by atoms with Crippen LogP contribution in [0.5, 0.6) is 11.5 Å². The predicted octanol–water partition coefficient (Wildman–Crippen LogP) is 3.12. The molecule has 0 aliphatic rings. The molecular weight excluding hydrogens is 448 g/mol. The highest BCUT2D eigenvalue weighted by atomic mass is 35.5. The number of unbranched alkanes of at least 4 members (excludes halogenated alkanes) is 1. The minimum Gasteiger partial charge on any atom is -0.490 e. The average molecular weight is 475 g/mol. The van der Waals surface area contributed by atoms with E-state index < -0.39 is 11.8 Å². The maximum Gasteiger partial charge on any atom is 0.329 e. The number of carbonyl (C=O) groups is 3. The van der Waals surface area contributed by atoms with E-state index in [-0.39, 0.29) is 12.5 Å². The van der Waals surface area contributed by atoms with Crippen molar-refractivity contribution in [3.8, 4) is 11.5 Å². The number of carbonyl (C=O) groups excluding carboxylic acids is 3. The van der Waals surface area contributed by atoms with Gasteiger partial charge in [-0.25, -0.2) is 5.43 Å². The molecule has 0 saturated carbocycles. The molecule has 0 bridgehead atoms. The van der Waals surface area contributed by atoms with E-state index in [1.807, 2.05) is 13.8 Å². The van der Waals surface area contributed by atoms with Crippen LogP contribution >= 0.6 is 11.6 Å². The van der Waals surface area contributed by atoms with E-state index in [2.05, 4.69) is 21.2 Å². The number of benzene rings is 2. The summed E-state index contributed by atoms with van der Waals surface area (Å²) in [7, 11) is 0. The molecule has 3 amide bonds. The minimum absolute atomic E-state index is 0.248. The van der Waals surface area contributed by atoms with E-state index in [0.717, 1.165) is 12.8 Å². The second kappa shape index (κ2) is 13.7. The van der Waals surface area contributed by atoms with Gasteiger partial charge in [0.15, 0.2) is 18.1 Å². The number of anilines is 1. The monoisotopic (exact) mass is 474 g/mol. The molecule has 0 aromatic heterocycles. The second-order valence-corrected chi connectivity index (χ2v) is 7.17. The van der Waals surface area contributed by atoms with E-state index in [9.17, 15) is 14.4 Å². The third kappa shape index (κ3) is 8.82. The van der Waals surface area contributed by atoms with Crippen LogP contribution in [0.1, 0.15) is 32.3 Å². The van der Waals surface area contributed by atoms with Gasteiger partial charge in [-0.2, -0.15) is 5.10 Å². The average Bonchev–Trinajstić information content (AvgIpc) is 2.80. The summed E-state index contributed by atoms with van der Waals surface area (Å²) >= 11 is 6.04. The SMILES string of the molecule is CCCCNC(=O)C(=O)N/N=C\c1ccc(OCC(=O)Nc2ccccc2Cl)c(OCC)c1. The van der Waals surface area contributed by atoms with Crippen LogP contribution in [0.25, 0.3) is 0 Å². The molecule has 0 spiro atoms. The van der Waals surface area contributed by atoms with Crippen LogP contribution in [0, 0.1) is 0 Å². The van der Waals surface area contributed by atoms with Crippen LogP contribution in [0.2, 0.25) is 5.02 Å². The van der Waals surface area contributed by atoms with Gasteiger partial charge in [-0.05, 0) is 49.2 Å². The lowest BCUT2D eigenvalue weighted by molar-refractivity contribution is -0.139. The van der Waals surface area contributed by atoms with E-state index in [0.29, 0.717) is 40.9 Å². The van der Waals surface area contributed by atoms with Crippen molar-refractivity contribution in [2.75, 3.05) is 25.1 Å². The normalized spacial score (nSPS) is 10.5. The van der Waals surface area contributed by atoms with Crippen LogP contribution < -0.4 is 25.5 Å². The first-order chi connectivity index (χ1) is 15.9.